The van der Waals surface area contributed by atoms with Crippen LogP contribution in [0.25, 0.3) is 0 Å². The van der Waals surface area contributed by atoms with Crippen LogP contribution in [0.5, 0.6) is 0 Å². The second-order valence-electron chi connectivity index (χ2n) is 12.0. The highest BCUT2D eigenvalue weighted by molar-refractivity contribution is 5.69. The molecule has 1 aliphatic carbocycles. The van der Waals surface area contributed by atoms with Crippen LogP contribution in [0.15, 0.2) is 34.4 Å². The van der Waals surface area contributed by atoms with E-state index in [9.17, 15) is 9.90 Å². The first-order valence-electron chi connectivity index (χ1n) is 15.5. The Morgan fingerprint density at radius 2 is 1.55 bits per heavy atom. The minimum atomic E-state index is -0.847. The molecule has 0 saturated heterocycles. The summed E-state index contributed by atoms with van der Waals surface area (Å²) in [6.07, 6.45) is 23.6. The zero-order valence-corrected chi connectivity index (χ0v) is 25.7. The monoisotopic (exact) mass is 526 g/mol. The van der Waals surface area contributed by atoms with E-state index >= 15 is 0 Å². The first-order chi connectivity index (χ1) is 18.2. The third-order valence-corrected chi connectivity index (χ3v) is 8.02. The molecule has 0 spiro atoms. The van der Waals surface area contributed by atoms with Gasteiger partial charge in [0, 0.05) is 6.42 Å². The Hall–Kier alpha value is -1.79. The molecule has 0 aromatic rings. The maximum atomic E-state index is 12.0. The quantitative estimate of drug-likeness (QED) is 0.0836. The molecule has 0 saturated carbocycles. The van der Waals surface area contributed by atoms with Crippen LogP contribution in [-0.2, 0) is 9.53 Å². The number of allylic oxidation sites excluding steroid dienone is 4. The van der Waals surface area contributed by atoms with Gasteiger partial charge in [0.05, 0.1) is 0 Å². The number of unbranched alkanes of at least 4 members (excludes halogenated alkanes) is 11. The fourth-order valence-electron chi connectivity index (χ4n) is 5.29. The van der Waals surface area contributed by atoms with E-state index in [-0.39, 0.29) is 18.0 Å². The third-order valence-electron chi connectivity index (χ3n) is 8.02. The van der Waals surface area contributed by atoms with Gasteiger partial charge in [-0.1, -0.05) is 120 Å². The van der Waals surface area contributed by atoms with Gasteiger partial charge in [-0.25, -0.2) is 0 Å². The van der Waals surface area contributed by atoms with Crippen LogP contribution in [0.2, 0.25) is 0 Å². The molecule has 3 heteroatoms. The smallest absolute Gasteiger partial charge is 0.306 e. The van der Waals surface area contributed by atoms with E-state index in [4.69, 9.17) is 4.74 Å². The van der Waals surface area contributed by atoms with Crippen LogP contribution in [0.1, 0.15) is 151 Å². The highest BCUT2D eigenvalue weighted by Crippen LogP contribution is 2.41. The van der Waals surface area contributed by atoms with Crippen molar-refractivity contribution < 1.29 is 14.6 Å². The van der Waals surface area contributed by atoms with Crippen molar-refractivity contribution in [3.8, 4) is 11.8 Å². The summed E-state index contributed by atoms with van der Waals surface area (Å²) in [7, 11) is 0. The predicted molar refractivity (Wildman–Crippen MR) is 163 cm³/mol. The first kappa shape index (κ1) is 34.2. The van der Waals surface area contributed by atoms with E-state index in [1.807, 2.05) is 13.8 Å². The van der Waals surface area contributed by atoms with Crippen molar-refractivity contribution in [3.63, 3.8) is 0 Å². The minimum absolute atomic E-state index is 0.157. The van der Waals surface area contributed by atoms with Crippen molar-refractivity contribution in [2.24, 2.45) is 5.41 Å². The molecule has 3 nitrogen and oxygen atoms in total. The Balaban J connectivity index is 2.21. The Labute approximate surface area is 235 Å². The number of hydrogen-bond acceptors (Lipinski definition) is 3. The standard InChI is InChI=1S/C35H58O3/c1-7-8-9-10-11-12-13-14-15-16-17-18-21-34(37)38-28-26-31(4)33(36)25-23-29(2)22-24-32-30(3)20-19-27-35(32,5)6/h22,26,33,36H,7-21,24,27-28H2,1-6H3/b29-22-,31-26-. The molecule has 0 aromatic heterocycles. The lowest BCUT2D eigenvalue weighted by Crippen LogP contribution is -2.20. The molecule has 0 fully saturated rings. The summed E-state index contributed by atoms with van der Waals surface area (Å²) in [6, 6.07) is 0. The lowest BCUT2D eigenvalue weighted by Gasteiger charge is -2.34. The maximum Gasteiger partial charge on any atom is 0.306 e. The van der Waals surface area contributed by atoms with Crippen molar-refractivity contribution in [2.45, 2.75) is 157 Å². The maximum absolute atomic E-state index is 12.0. The van der Waals surface area contributed by atoms with Crippen molar-refractivity contribution in [1.82, 2.24) is 0 Å². The molecule has 38 heavy (non-hydrogen) atoms. The number of aliphatic hydroxyl groups is 1. The van der Waals surface area contributed by atoms with E-state index in [2.05, 4.69) is 45.6 Å². The number of carbonyl (C=O) groups is 1. The van der Waals surface area contributed by atoms with Crippen LogP contribution in [0.3, 0.4) is 0 Å². The number of carbonyl (C=O) groups excluding carboxylic acids is 1. The molecule has 0 bridgehead atoms. The van der Waals surface area contributed by atoms with Gasteiger partial charge in [-0.15, -0.1) is 0 Å². The molecule has 1 aliphatic rings. The first-order valence-corrected chi connectivity index (χ1v) is 15.5. The number of ether oxygens (including phenoxy) is 1. The van der Waals surface area contributed by atoms with Gasteiger partial charge >= 0.3 is 5.97 Å². The Bertz CT molecular complexity index is 831. The lowest BCUT2D eigenvalue weighted by atomic mass is 9.71. The summed E-state index contributed by atoms with van der Waals surface area (Å²) in [5.41, 5.74) is 5.01. The topological polar surface area (TPSA) is 46.5 Å². The molecule has 1 N–H and O–H groups in total. The fourth-order valence-corrected chi connectivity index (χ4v) is 5.29. The molecule has 0 aromatic carbocycles. The average Bonchev–Trinajstić information content (AvgIpc) is 2.87. The zero-order chi connectivity index (χ0) is 28.2. The number of esters is 1. The Morgan fingerprint density at radius 1 is 0.974 bits per heavy atom. The number of hydrogen-bond donors (Lipinski definition) is 1. The molecule has 0 aliphatic heterocycles. The van der Waals surface area contributed by atoms with Gasteiger partial charge in [-0.3, -0.25) is 4.79 Å². The lowest BCUT2D eigenvalue weighted by molar-refractivity contribution is -0.142. The number of aliphatic hydroxyl groups excluding tert-OH is 1. The summed E-state index contributed by atoms with van der Waals surface area (Å²) < 4.78 is 5.33. The molecule has 1 unspecified atom stereocenters. The van der Waals surface area contributed by atoms with E-state index in [1.54, 1.807) is 6.08 Å². The molecule has 0 amide bonds. The molecule has 0 heterocycles. The zero-order valence-electron chi connectivity index (χ0n) is 25.7. The summed E-state index contributed by atoms with van der Waals surface area (Å²) in [4.78, 5) is 12.0. The second kappa shape index (κ2) is 20.2. The van der Waals surface area contributed by atoms with E-state index in [0.717, 1.165) is 30.4 Å². The second-order valence-corrected chi connectivity index (χ2v) is 12.0. The van der Waals surface area contributed by atoms with Gasteiger partial charge in [0.15, 0.2) is 0 Å². The summed E-state index contributed by atoms with van der Waals surface area (Å²) in [6.45, 7) is 13.2. The van der Waals surface area contributed by atoms with E-state index in [1.165, 1.54) is 94.6 Å². The van der Waals surface area contributed by atoms with Crippen LogP contribution < -0.4 is 0 Å². The van der Waals surface area contributed by atoms with Crippen molar-refractivity contribution in [3.05, 3.63) is 34.4 Å². The van der Waals surface area contributed by atoms with Crippen molar-refractivity contribution in [2.75, 3.05) is 6.61 Å². The third kappa shape index (κ3) is 15.6. The normalized spacial score (nSPS) is 16.7. The van der Waals surface area contributed by atoms with E-state index < -0.39 is 6.10 Å². The van der Waals surface area contributed by atoms with Gasteiger partial charge in [0.25, 0.3) is 0 Å². The average molecular weight is 527 g/mol. The van der Waals surface area contributed by atoms with Gasteiger partial charge in [-0.05, 0) is 75.5 Å². The van der Waals surface area contributed by atoms with Crippen LogP contribution in [0, 0.1) is 17.3 Å². The summed E-state index contributed by atoms with van der Waals surface area (Å²) in [5, 5.41) is 10.4. The Morgan fingerprint density at radius 3 is 2.13 bits per heavy atom. The van der Waals surface area contributed by atoms with Gasteiger partial charge in [-0.2, -0.15) is 0 Å². The molecule has 216 valence electrons. The molecular weight excluding hydrogens is 468 g/mol. The molecule has 1 rings (SSSR count). The fraction of sp³-hybridized carbons (Fsp3) is 0.743. The number of rotatable bonds is 18. The van der Waals surface area contributed by atoms with Crippen LogP contribution >= 0.6 is 0 Å². The van der Waals surface area contributed by atoms with Gasteiger partial charge < -0.3 is 9.84 Å². The van der Waals surface area contributed by atoms with Gasteiger partial charge in [0.1, 0.15) is 12.7 Å². The van der Waals surface area contributed by atoms with Gasteiger partial charge in [0.2, 0.25) is 0 Å². The van der Waals surface area contributed by atoms with Crippen LogP contribution in [0.4, 0.5) is 0 Å². The predicted octanol–water partition coefficient (Wildman–Crippen LogP) is 9.79. The van der Waals surface area contributed by atoms with Crippen molar-refractivity contribution in [1.29, 1.82) is 0 Å². The molecular formula is C35H58O3. The minimum Gasteiger partial charge on any atom is -0.461 e. The largest absolute Gasteiger partial charge is 0.461 e. The molecule has 1 atom stereocenters. The highest BCUT2D eigenvalue weighted by Gasteiger charge is 2.27. The molecule has 0 radical (unpaired) electrons. The van der Waals surface area contributed by atoms with E-state index in [0.29, 0.717) is 6.42 Å². The Kier molecular flexibility index (Phi) is 18.2. The van der Waals surface area contributed by atoms with Crippen molar-refractivity contribution >= 4 is 5.97 Å². The van der Waals surface area contributed by atoms with Crippen LogP contribution in [-0.4, -0.2) is 23.8 Å². The summed E-state index contributed by atoms with van der Waals surface area (Å²) >= 11 is 0. The highest BCUT2D eigenvalue weighted by atomic mass is 16.5. The summed E-state index contributed by atoms with van der Waals surface area (Å²) in [5.74, 6) is 5.87. The SMILES string of the molecule is CCCCCCCCCCCCCCC(=O)OC/C=C(/C)C(O)C#C/C(C)=C\CC1=C(C)CCCC1(C)C.